The van der Waals surface area contributed by atoms with E-state index in [2.05, 4.69) is 16.2 Å². The van der Waals surface area contributed by atoms with E-state index in [1.54, 1.807) is 35.7 Å². The van der Waals surface area contributed by atoms with Gasteiger partial charge in [0.2, 0.25) is 5.91 Å². The van der Waals surface area contributed by atoms with Crippen molar-refractivity contribution in [3.8, 4) is 5.75 Å². The predicted octanol–water partition coefficient (Wildman–Crippen LogP) is 1.79. The number of carbonyl (C=O) groups is 3. The van der Waals surface area contributed by atoms with Crippen molar-refractivity contribution in [2.45, 2.75) is 6.92 Å². The highest BCUT2D eigenvalue weighted by Crippen LogP contribution is 2.25. The lowest BCUT2D eigenvalue weighted by molar-refractivity contribution is -0.119. The lowest BCUT2D eigenvalue weighted by atomic mass is 10.2. The summed E-state index contributed by atoms with van der Waals surface area (Å²) in [5.74, 6) is -0.866. The van der Waals surface area contributed by atoms with Gasteiger partial charge in [-0.1, -0.05) is 12.1 Å². The number of anilines is 1. The van der Waals surface area contributed by atoms with Gasteiger partial charge in [-0.2, -0.15) is 0 Å². The van der Waals surface area contributed by atoms with Gasteiger partial charge in [0.15, 0.2) is 0 Å². The summed E-state index contributed by atoms with van der Waals surface area (Å²) in [5, 5.41) is 4.72. The number of nitrogens with one attached hydrogen (secondary N) is 3. The van der Waals surface area contributed by atoms with Crippen molar-refractivity contribution in [3.05, 3.63) is 46.8 Å². The average molecular weight is 333 g/mol. The standard InChI is InChI=1S/C15H15N3O4S/c1-9(19)17-18-14(21)11-7-8-23-15(11)16-13(20)10-5-3-4-6-12(10)22-2/h3-8H,1-2H3,(H,16,20)(H,17,19)(H,18,21). The molecule has 0 atom stereocenters. The minimum Gasteiger partial charge on any atom is -0.496 e. The van der Waals surface area contributed by atoms with Crippen molar-refractivity contribution in [2.75, 3.05) is 12.4 Å². The molecular formula is C15H15N3O4S. The Morgan fingerprint density at radius 2 is 1.74 bits per heavy atom. The zero-order valence-corrected chi connectivity index (χ0v) is 13.3. The first kappa shape index (κ1) is 16.5. The fraction of sp³-hybridized carbons (Fsp3) is 0.133. The molecule has 0 radical (unpaired) electrons. The van der Waals surface area contributed by atoms with Gasteiger partial charge < -0.3 is 10.1 Å². The van der Waals surface area contributed by atoms with Crippen molar-refractivity contribution in [3.63, 3.8) is 0 Å². The number of amides is 3. The van der Waals surface area contributed by atoms with Gasteiger partial charge in [-0.05, 0) is 23.6 Å². The number of thiophene rings is 1. The summed E-state index contributed by atoms with van der Waals surface area (Å²) in [6.45, 7) is 1.28. The van der Waals surface area contributed by atoms with Crippen LogP contribution in [0, 0.1) is 0 Å². The summed E-state index contributed by atoms with van der Waals surface area (Å²) in [6, 6.07) is 8.33. The molecule has 1 aromatic carbocycles. The van der Waals surface area contributed by atoms with Gasteiger partial charge in [-0.15, -0.1) is 11.3 Å². The van der Waals surface area contributed by atoms with Gasteiger partial charge in [0.25, 0.3) is 11.8 Å². The normalized spacial score (nSPS) is 9.83. The fourth-order valence-corrected chi connectivity index (χ4v) is 2.58. The first-order valence-corrected chi connectivity index (χ1v) is 7.49. The van der Waals surface area contributed by atoms with Crippen LogP contribution in [-0.2, 0) is 4.79 Å². The smallest absolute Gasteiger partial charge is 0.272 e. The number of hydrogen-bond acceptors (Lipinski definition) is 5. The molecule has 0 aliphatic carbocycles. The number of hydrazine groups is 1. The van der Waals surface area contributed by atoms with Gasteiger partial charge in [0, 0.05) is 6.92 Å². The molecule has 0 unspecified atom stereocenters. The van der Waals surface area contributed by atoms with Crippen LogP contribution in [-0.4, -0.2) is 24.8 Å². The van der Waals surface area contributed by atoms with E-state index in [9.17, 15) is 14.4 Å². The lowest BCUT2D eigenvalue weighted by Gasteiger charge is -2.10. The van der Waals surface area contributed by atoms with Crippen LogP contribution in [0.2, 0.25) is 0 Å². The van der Waals surface area contributed by atoms with Crippen molar-refractivity contribution >= 4 is 34.1 Å². The number of carbonyl (C=O) groups excluding carboxylic acids is 3. The molecule has 0 spiro atoms. The molecule has 0 saturated heterocycles. The second kappa shape index (κ2) is 7.41. The van der Waals surface area contributed by atoms with Crippen molar-refractivity contribution in [1.29, 1.82) is 0 Å². The zero-order chi connectivity index (χ0) is 16.8. The van der Waals surface area contributed by atoms with Crippen molar-refractivity contribution < 1.29 is 19.1 Å². The zero-order valence-electron chi connectivity index (χ0n) is 12.5. The molecule has 1 aromatic heterocycles. The van der Waals surface area contributed by atoms with Crippen LogP contribution in [0.5, 0.6) is 5.75 Å². The number of rotatable bonds is 4. The van der Waals surface area contributed by atoms with Crippen LogP contribution < -0.4 is 20.9 Å². The topological polar surface area (TPSA) is 96.5 Å². The van der Waals surface area contributed by atoms with Crippen LogP contribution >= 0.6 is 11.3 Å². The van der Waals surface area contributed by atoms with Crippen LogP contribution in [0.3, 0.4) is 0 Å². The Kier molecular flexibility index (Phi) is 5.32. The van der Waals surface area contributed by atoms with E-state index in [4.69, 9.17) is 4.74 Å². The van der Waals surface area contributed by atoms with Gasteiger partial charge >= 0.3 is 0 Å². The molecule has 120 valence electrons. The predicted molar refractivity (Wildman–Crippen MR) is 86.5 cm³/mol. The maximum atomic E-state index is 12.3. The molecular weight excluding hydrogens is 318 g/mol. The highest BCUT2D eigenvalue weighted by molar-refractivity contribution is 7.14. The summed E-state index contributed by atoms with van der Waals surface area (Å²) in [6.07, 6.45) is 0. The minimum atomic E-state index is -0.517. The van der Waals surface area contributed by atoms with E-state index >= 15 is 0 Å². The van der Waals surface area contributed by atoms with Gasteiger partial charge in [-0.25, -0.2) is 0 Å². The Balaban J connectivity index is 2.15. The molecule has 0 saturated carbocycles. The summed E-state index contributed by atoms with van der Waals surface area (Å²) in [4.78, 5) is 35.2. The molecule has 0 bridgehead atoms. The molecule has 7 nitrogen and oxygen atoms in total. The third-order valence-corrected chi connectivity index (χ3v) is 3.67. The van der Waals surface area contributed by atoms with Crippen molar-refractivity contribution in [2.24, 2.45) is 0 Å². The summed E-state index contributed by atoms with van der Waals surface area (Å²) in [7, 11) is 1.48. The molecule has 3 N–H and O–H groups in total. The van der Waals surface area contributed by atoms with E-state index in [0.717, 1.165) is 0 Å². The second-order valence-corrected chi connectivity index (χ2v) is 5.37. The lowest BCUT2D eigenvalue weighted by Crippen LogP contribution is -2.40. The van der Waals surface area contributed by atoms with Crippen LogP contribution in [0.1, 0.15) is 27.6 Å². The number of para-hydroxylation sites is 1. The largest absolute Gasteiger partial charge is 0.496 e. The number of methoxy groups -OCH3 is 1. The van der Waals surface area contributed by atoms with E-state index < -0.39 is 17.7 Å². The van der Waals surface area contributed by atoms with Crippen LogP contribution in [0.15, 0.2) is 35.7 Å². The van der Waals surface area contributed by atoms with E-state index in [0.29, 0.717) is 16.3 Å². The van der Waals surface area contributed by atoms with E-state index in [-0.39, 0.29) is 5.56 Å². The highest BCUT2D eigenvalue weighted by atomic mass is 32.1. The minimum absolute atomic E-state index is 0.256. The van der Waals surface area contributed by atoms with Crippen LogP contribution in [0.4, 0.5) is 5.00 Å². The summed E-state index contributed by atoms with van der Waals surface area (Å²) >= 11 is 1.20. The second-order valence-electron chi connectivity index (χ2n) is 4.45. The molecule has 0 aliphatic rings. The number of ether oxygens (including phenoxy) is 1. The quantitative estimate of drug-likeness (QED) is 0.743. The Hall–Kier alpha value is -2.87. The molecule has 8 heteroatoms. The van der Waals surface area contributed by atoms with Gasteiger partial charge in [-0.3, -0.25) is 25.2 Å². The molecule has 3 amide bonds. The highest BCUT2D eigenvalue weighted by Gasteiger charge is 2.17. The first-order chi connectivity index (χ1) is 11.0. The van der Waals surface area contributed by atoms with Gasteiger partial charge in [0.1, 0.15) is 10.8 Å². The number of hydrogen-bond donors (Lipinski definition) is 3. The van der Waals surface area contributed by atoms with E-state index in [1.165, 1.54) is 25.4 Å². The Bertz CT molecular complexity index is 742. The fourth-order valence-electron chi connectivity index (χ4n) is 1.80. The molecule has 23 heavy (non-hydrogen) atoms. The Morgan fingerprint density at radius 1 is 1.00 bits per heavy atom. The maximum Gasteiger partial charge on any atom is 0.272 e. The third kappa shape index (κ3) is 4.07. The van der Waals surface area contributed by atoms with Crippen molar-refractivity contribution in [1.82, 2.24) is 10.9 Å². The summed E-state index contributed by atoms with van der Waals surface area (Å²) < 4.78 is 5.14. The monoisotopic (exact) mass is 333 g/mol. The third-order valence-electron chi connectivity index (χ3n) is 2.84. The number of benzene rings is 1. The Morgan fingerprint density at radius 3 is 2.43 bits per heavy atom. The van der Waals surface area contributed by atoms with Gasteiger partial charge in [0.05, 0.1) is 18.2 Å². The summed E-state index contributed by atoms with van der Waals surface area (Å²) in [5.41, 5.74) is 5.06. The Labute approximate surface area is 136 Å². The molecule has 2 aromatic rings. The molecule has 1 heterocycles. The SMILES string of the molecule is COc1ccccc1C(=O)Nc1sccc1C(=O)NNC(C)=O. The molecule has 0 fully saturated rings. The van der Waals surface area contributed by atoms with E-state index in [1.807, 2.05) is 0 Å². The average Bonchev–Trinajstić information content (AvgIpc) is 3.00. The molecule has 2 rings (SSSR count). The molecule has 0 aliphatic heterocycles. The maximum absolute atomic E-state index is 12.3. The van der Waals surface area contributed by atoms with Crippen LogP contribution in [0.25, 0.3) is 0 Å². The first-order valence-electron chi connectivity index (χ1n) is 6.61.